The Morgan fingerprint density at radius 3 is 1.33 bits per heavy atom. The highest BCUT2D eigenvalue weighted by molar-refractivity contribution is 5.76. The highest BCUT2D eigenvalue weighted by atomic mass is 16.7. The average molecular weight is 1110 g/mol. The first kappa shape index (κ1) is 71.8. The highest BCUT2D eigenvalue weighted by Crippen LogP contribution is 2.30. The van der Waals surface area contributed by atoms with Crippen LogP contribution in [0.15, 0.2) is 60.8 Å². The molecule has 14 heteroatoms. The van der Waals surface area contributed by atoms with Crippen LogP contribution >= 0.6 is 0 Å². The number of aliphatic hydroxyl groups excluding tert-OH is 8. The van der Waals surface area contributed by atoms with Gasteiger partial charge in [-0.05, 0) is 77.0 Å². The Bertz CT molecular complexity index is 1540. The van der Waals surface area contributed by atoms with Gasteiger partial charge in [-0.2, -0.15) is 0 Å². The summed E-state index contributed by atoms with van der Waals surface area (Å²) < 4.78 is 22.8. The van der Waals surface area contributed by atoms with Crippen molar-refractivity contribution in [3.8, 4) is 0 Å². The lowest BCUT2D eigenvalue weighted by Gasteiger charge is -2.46. The zero-order chi connectivity index (χ0) is 56.7. The van der Waals surface area contributed by atoms with E-state index in [0.717, 1.165) is 51.4 Å². The molecule has 0 bridgehead atoms. The zero-order valence-corrected chi connectivity index (χ0v) is 48.9. The van der Waals surface area contributed by atoms with Gasteiger partial charge >= 0.3 is 0 Å². The molecule has 14 nitrogen and oxygen atoms in total. The van der Waals surface area contributed by atoms with Crippen LogP contribution in [-0.2, 0) is 23.7 Å². The molecule has 0 radical (unpaired) electrons. The van der Waals surface area contributed by atoms with E-state index in [4.69, 9.17) is 18.9 Å². The molecule has 12 atom stereocenters. The fourth-order valence-corrected chi connectivity index (χ4v) is 10.1. The number of nitrogens with one attached hydrogen (secondary N) is 1. The quantitative estimate of drug-likeness (QED) is 0.0204. The predicted molar refractivity (Wildman–Crippen MR) is 314 cm³/mol. The van der Waals surface area contributed by atoms with Crippen molar-refractivity contribution >= 4 is 5.91 Å². The lowest BCUT2D eigenvalue weighted by Crippen LogP contribution is -2.65. The SMILES string of the molecule is CCCCCCC/C=C\C/C=C\CCCCCCCCCCCCCC(=O)NC(COC1OC(CO)C(OC2OC(CO)C(O)C(O)C2O)C(O)C1O)C(O)/C=C/CC/C=C/CC/C=C/CCCCCCCCCCCCC. The van der Waals surface area contributed by atoms with E-state index in [9.17, 15) is 45.6 Å². The molecular formula is C64H115NO13. The third-order valence-electron chi connectivity index (χ3n) is 15.2. The lowest BCUT2D eigenvalue weighted by atomic mass is 9.97. The average Bonchev–Trinajstić information content (AvgIpc) is 3.48. The number of hydrogen-bond acceptors (Lipinski definition) is 13. The van der Waals surface area contributed by atoms with Crippen LogP contribution in [0.1, 0.15) is 245 Å². The van der Waals surface area contributed by atoms with Crippen LogP contribution in [0.5, 0.6) is 0 Å². The Morgan fingerprint density at radius 1 is 0.462 bits per heavy atom. The van der Waals surface area contributed by atoms with E-state index in [2.05, 4.69) is 67.8 Å². The van der Waals surface area contributed by atoms with Crippen molar-refractivity contribution in [1.82, 2.24) is 5.32 Å². The van der Waals surface area contributed by atoms with E-state index in [0.29, 0.717) is 12.8 Å². The molecule has 2 fully saturated rings. The van der Waals surface area contributed by atoms with Gasteiger partial charge in [0, 0.05) is 6.42 Å². The second kappa shape index (κ2) is 49.3. The van der Waals surface area contributed by atoms with Gasteiger partial charge in [0.1, 0.15) is 48.8 Å². The fourth-order valence-electron chi connectivity index (χ4n) is 10.1. The van der Waals surface area contributed by atoms with Crippen molar-refractivity contribution in [2.75, 3.05) is 19.8 Å². The number of carbonyl (C=O) groups is 1. The topological polar surface area (TPSA) is 228 Å². The van der Waals surface area contributed by atoms with E-state index < -0.39 is 86.8 Å². The summed E-state index contributed by atoms with van der Waals surface area (Å²) in [4.78, 5) is 13.3. The minimum Gasteiger partial charge on any atom is -0.394 e. The van der Waals surface area contributed by atoms with E-state index >= 15 is 0 Å². The van der Waals surface area contributed by atoms with Gasteiger partial charge in [-0.15, -0.1) is 0 Å². The van der Waals surface area contributed by atoms with E-state index in [1.807, 2.05) is 6.08 Å². The Hall–Kier alpha value is -2.31. The molecule has 2 aliphatic heterocycles. The molecule has 0 aromatic heterocycles. The number of amides is 1. The molecule has 454 valence electrons. The smallest absolute Gasteiger partial charge is 0.220 e. The summed E-state index contributed by atoms with van der Waals surface area (Å²) in [5.41, 5.74) is 0. The van der Waals surface area contributed by atoms with Crippen LogP contribution < -0.4 is 5.32 Å². The van der Waals surface area contributed by atoms with Crippen molar-refractivity contribution in [1.29, 1.82) is 0 Å². The molecule has 1 amide bonds. The van der Waals surface area contributed by atoms with Gasteiger partial charge in [0.15, 0.2) is 12.6 Å². The van der Waals surface area contributed by atoms with Crippen molar-refractivity contribution in [2.45, 2.75) is 319 Å². The van der Waals surface area contributed by atoms with Crippen LogP contribution in [0.3, 0.4) is 0 Å². The maximum absolute atomic E-state index is 13.3. The summed E-state index contributed by atoms with van der Waals surface area (Å²) in [6, 6.07) is -0.941. The molecule has 12 unspecified atom stereocenters. The van der Waals surface area contributed by atoms with Gasteiger partial charge in [-0.25, -0.2) is 0 Å². The van der Waals surface area contributed by atoms with Crippen LogP contribution in [0.25, 0.3) is 0 Å². The molecule has 0 aromatic carbocycles. The zero-order valence-electron chi connectivity index (χ0n) is 48.9. The van der Waals surface area contributed by atoms with Gasteiger partial charge < -0.3 is 65.1 Å². The second-order valence-electron chi connectivity index (χ2n) is 22.2. The number of aliphatic hydroxyl groups is 8. The van der Waals surface area contributed by atoms with Crippen LogP contribution in [0, 0.1) is 0 Å². The Balaban J connectivity index is 1.77. The van der Waals surface area contributed by atoms with E-state index in [1.165, 1.54) is 161 Å². The number of unbranched alkanes of at least 4 members (excludes halogenated alkanes) is 29. The van der Waals surface area contributed by atoms with Gasteiger partial charge in [0.25, 0.3) is 0 Å². The minimum absolute atomic E-state index is 0.256. The maximum Gasteiger partial charge on any atom is 0.220 e. The van der Waals surface area contributed by atoms with Crippen molar-refractivity contribution in [2.24, 2.45) is 0 Å². The standard InChI is InChI=1S/C64H115NO13/c1-3-5-7-9-11-13-15-17-19-21-23-25-26-28-30-32-34-36-38-40-42-44-46-48-56(69)65-52(53(68)47-45-43-41-39-37-35-33-31-29-27-24-22-20-18-16-14-12-10-8-6-4-2)51-75-63-61(74)59(72)62(55(50-67)77-63)78-64-60(73)58(71)57(70)54(49-66)76-64/h15,17,21,23,29,31,37,39,45,47,52-55,57-64,66-68,70-74H,3-14,16,18-20,22,24-28,30,32-36,38,40-44,46,48-51H2,1-2H3,(H,65,69)/b17-15-,23-21-,31-29+,39-37+,47-45+. The molecule has 2 saturated heterocycles. The van der Waals surface area contributed by atoms with Gasteiger partial charge in [0.2, 0.25) is 5.91 Å². The fraction of sp³-hybridized carbons (Fsp3) is 0.828. The normalized spacial score (nSPS) is 24.9. The Morgan fingerprint density at radius 2 is 0.859 bits per heavy atom. The summed E-state index contributed by atoms with van der Waals surface area (Å²) in [5, 5.41) is 87.2. The number of carbonyl (C=O) groups excluding carboxylic acids is 1. The molecule has 9 N–H and O–H groups in total. The number of allylic oxidation sites excluding steroid dienone is 9. The largest absolute Gasteiger partial charge is 0.394 e. The molecule has 78 heavy (non-hydrogen) atoms. The van der Waals surface area contributed by atoms with Gasteiger partial charge in [-0.3, -0.25) is 4.79 Å². The van der Waals surface area contributed by atoms with Gasteiger partial charge in [0.05, 0.1) is 32.0 Å². The number of rotatable bonds is 50. The lowest BCUT2D eigenvalue weighted by molar-refractivity contribution is -0.359. The van der Waals surface area contributed by atoms with E-state index in [1.54, 1.807) is 6.08 Å². The molecule has 0 saturated carbocycles. The molecule has 2 aliphatic rings. The summed E-state index contributed by atoms with van der Waals surface area (Å²) in [6.45, 7) is 2.77. The minimum atomic E-state index is -1.79. The summed E-state index contributed by atoms with van der Waals surface area (Å²) in [7, 11) is 0. The van der Waals surface area contributed by atoms with E-state index in [-0.39, 0.29) is 18.9 Å². The van der Waals surface area contributed by atoms with Gasteiger partial charge in [-0.1, -0.05) is 222 Å². The Kier molecular flexibility index (Phi) is 45.4. The molecular weight excluding hydrogens is 991 g/mol. The van der Waals surface area contributed by atoms with Crippen LogP contribution in [-0.4, -0.2) is 140 Å². The molecule has 0 aromatic rings. The molecule has 0 aliphatic carbocycles. The molecule has 2 heterocycles. The summed E-state index contributed by atoms with van der Waals surface area (Å²) >= 11 is 0. The Labute approximate surface area is 473 Å². The summed E-state index contributed by atoms with van der Waals surface area (Å²) in [6.07, 6.45) is 46.9. The molecule has 0 spiro atoms. The summed E-state index contributed by atoms with van der Waals surface area (Å²) in [5.74, 6) is -0.256. The number of ether oxygens (including phenoxy) is 4. The third-order valence-corrected chi connectivity index (χ3v) is 15.2. The first-order valence-corrected chi connectivity index (χ1v) is 31.5. The van der Waals surface area contributed by atoms with Crippen LogP contribution in [0.2, 0.25) is 0 Å². The first-order valence-electron chi connectivity index (χ1n) is 31.5. The van der Waals surface area contributed by atoms with Crippen LogP contribution in [0.4, 0.5) is 0 Å². The monoisotopic (exact) mass is 1110 g/mol. The van der Waals surface area contributed by atoms with Crippen molar-refractivity contribution in [3.05, 3.63) is 60.8 Å². The van der Waals surface area contributed by atoms with Crippen molar-refractivity contribution in [3.63, 3.8) is 0 Å². The molecule has 2 rings (SSSR count). The second-order valence-corrected chi connectivity index (χ2v) is 22.2. The highest BCUT2D eigenvalue weighted by Gasteiger charge is 2.51. The maximum atomic E-state index is 13.3. The predicted octanol–water partition coefficient (Wildman–Crippen LogP) is 11.3. The first-order chi connectivity index (χ1) is 38.1. The number of hydrogen-bond donors (Lipinski definition) is 9. The third kappa shape index (κ3) is 34.2. The van der Waals surface area contributed by atoms with Crippen molar-refractivity contribution < 1.29 is 64.6 Å².